The van der Waals surface area contributed by atoms with E-state index >= 15 is 0 Å². The maximum Gasteiger partial charge on any atom is 0.242 e. The highest BCUT2D eigenvalue weighted by atomic mass is 35.5. The van der Waals surface area contributed by atoms with E-state index in [1.165, 1.54) is 11.1 Å². The number of likely N-dealkylation sites (N-methyl/N-ethyl adjacent to an activating group) is 1. The molecule has 0 fully saturated rings. The van der Waals surface area contributed by atoms with Crippen molar-refractivity contribution >= 4 is 35.2 Å². The molecule has 0 saturated heterocycles. The SMILES string of the molecule is CNC(=O)[C@@H](Cc1ccccc1)N(Cc1ccccc1Cl)C(=O)CSCc1cccc(C)c1. The van der Waals surface area contributed by atoms with Gasteiger partial charge in [-0.2, -0.15) is 0 Å². The van der Waals surface area contributed by atoms with E-state index in [9.17, 15) is 9.59 Å². The molecule has 0 aliphatic rings. The van der Waals surface area contributed by atoms with Gasteiger partial charge in [0.1, 0.15) is 6.04 Å². The number of carbonyl (C=O) groups excluding carboxylic acids is 2. The highest BCUT2D eigenvalue weighted by Gasteiger charge is 2.30. The zero-order valence-corrected chi connectivity index (χ0v) is 20.5. The lowest BCUT2D eigenvalue weighted by Crippen LogP contribution is -2.50. The molecule has 172 valence electrons. The summed E-state index contributed by atoms with van der Waals surface area (Å²) in [5.41, 5.74) is 4.19. The predicted octanol–water partition coefficient (Wildman–Crippen LogP) is 5.27. The van der Waals surface area contributed by atoms with Crippen LogP contribution in [-0.2, 0) is 28.3 Å². The topological polar surface area (TPSA) is 49.4 Å². The van der Waals surface area contributed by atoms with Crippen molar-refractivity contribution in [3.05, 3.63) is 106 Å². The summed E-state index contributed by atoms with van der Waals surface area (Å²) >= 11 is 7.96. The molecule has 0 aliphatic heterocycles. The molecule has 0 spiro atoms. The fourth-order valence-corrected chi connectivity index (χ4v) is 4.73. The first kappa shape index (κ1) is 24.9. The lowest BCUT2D eigenvalue weighted by Gasteiger charge is -2.31. The van der Waals surface area contributed by atoms with Gasteiger partial charge < -0.3 is 10.2 Å². The Morgan fingerprint density at radius 2 is 1.67 bits per heavy atom. The van der Waals surface area contributed by atoms with Crippen molar-refractivity contribution in [1.82, 2.24) is 10.2 Å². The van der Waals surface area contributed by atoms with Crippen LogP contribution < -0.4 is 5.32 Å². The predicted molar refractivity (Wildman–Crippen MR) is 137 cm³/mol. The Hall–Kier alpha value is -2.76. The summed E-state index contributed by atoms with van der Waals surface area (Å²) in [7, 11) is 1.60. The third-order valence-electron chi connectivity index (χ3n) is 5.39. The number of nitrogens with zero attached hydrogens (tertiary/aromatic N) is 1. The molecular weight excluding hydrogens is 452 g/mol. The number of halogens is 1. The molecule has 0 radical (unpaired) electrons. The second kappa shape index (κ2) is 12.5. The Morgan fingerprint density at radius 1 is 0.970 bits per heavy atom. The first-order valence-corrected chi connectivity index (χ1v) is 12.4. The van der Waals surface area contributed by atoms with E-state index in [4.69, 9.17) is 11.6 Å². The third-order valence-corrected chi connectivity index (χ3v) is 6.75. The first-order chi connectivity index (χ1) is 16.0. The molecule has 0 aromatic heterocycles. The third kappa shape index (κ3) is 7.37. The molecule has 0 unspecified atom stereocenters. The van der Waals surface area contributed by atoms with Crippen molar-refractivity contribution in [3.8, 4) is 0 Å². The Bertz CT molecular complexity index is 1070. The molecule has 6 heteroatoms. The summed E-state index contributed by atoms with van der Waals surface area (Å²) in [6.45, 7) is 2.33. The van der Waals surface area contributed by atoms with Crippen LogP contribution in [0, 0.1) is 6.92 Å². The van der Waals surface area contributed by atoms with Crippen LogP contribution >= 0.6 is 23.4 Å². The molecule has 3 aromatic rings. The van der Waals surface area contributed by atoms with Crippen LogP contribution in [0.2, 0.25) is 5.02 Å². The van der Waals surface area contributed by atoms with Gasteiger partial charge in [0.15, 0.2) is 0 Å². The van der Waals surface area contributed by atoms with Crippen molar-refractivity contribution in [2.45, 2.75) is 31.7 Å². The zero-order chi connectivity index (χ0) is 23.6. The van der Waals surface area contributed by atoms with Crippen LogP contribution in [0.3, 0.4) is 0 Å². The van der Waals surface area contributed by atoms with Crippen molar-refractivity contribution in [3.63, 3.8) is 0 Å². The molecular formula is C27H29ClN2O2S. The second-order valence-electron chi connectivity index (χ2n) is 7.91. The molecule has 3 aromatic carbocycles. The number of thioether (sulfide) groups is 1. The van der Waals surface area contributed by atoms with Gasteiger partial charge in [0.05, 0.1) is 5.75 Å². The highest BCUT2D eigenvalue weighted by molar-refractivity contribution is 7.99. The molecule has 3 rings (SSSR count). The van der Waals surface area contributed by atoms with Crippen LogP contribution in [0.1, 0.15) is 22.3 Å². The minimum absolute atomic E-state index is 0.0860. The average Bonchev–Trinajstić information content (AvgIpc) is 2.82. The maximum atomic E-state index is 13.5. The van der Waals surface area contributed by atoms with Crippen molar-refractivity contribution in [2.24, 2.45) is 0 Å². The summed E-state index contributed by atoms with van der Waals surface area (Å²) in [5.74, 6) is 0.734. The van der Waals surface area contributed by atoms with Crippen LogP contribution in [-0.4, -0.2) is 35.6 Å². The molecule has 1 N–H and O–H groups in total. The van der Waals surface area contributed by atoms with Gasteiger partial charge in [-0.3, -0.25) is 9.59 Å². The fraction of sp³-hybridized carbons (Fsp3) is 0.259. The van der Waals surface area contributed by atoms with E-state index in [-0.39, 0.29) is 24.1 Å². The van der Waals surface area contributed by atoms with Gasteiger partial charge in [-0.25, -0.2) is 0 Å². The largest absolute Gasteiger partial charge is 0.357 e. The first-order valence-electron chi connectivity index (χ1n) is 10.9. The Balaban J connectivity index is 1.82. The molecule has 4 nitrogen and oxygen atoms in total. The smallest absolute Gasteiger partial charge is 0.242 e. The van der Waals surface area contributed by atoms with Gasteiger partial charge >= 0.3 is 0 Å². The van der Waals surface area contributed by atoms with E-state index in [1.807, 2.05) is 54.6 Å². The van der Waals surface area contributed by atoms with Crippen LogP contribution in [0.4, 0.5) is 0 Å². The maximum absolute atomic E-state index is 13.5. The lowest BCUT2D eigenvalue weighted by molar-refractivity contribution is -0.139. The quantitative estimate of drug-likeness (QED) is 0.430. The summed E-state index contributed by atoms with van der Waals surface area (Å²) in [6.07, 6.45) is 0.430. The number of rotatable bonds is 10. The number of aryl methyl sites for hydroxylation is 1. The van der Waals surface area contributed by atoms with E-state index in [0.717, 1.165) is 16.9 Å². The zero-order valence-electron chi connectivity index (χ0n) is 19.0. The van der Waals surface area contributed by atoms with Gasteiger partial charge in [-0.05, 0) is 29.7 Å². The molecule has 0 heterocycles. The lowest BCUT2D eigenvalue weighted by atomic mass is 10.0. The molecule has 0 aliphatic carbocycles. The Morgan fingerprint density at radius 3 is 2.36 bits per heavy atom. The summed E-state index contributed by atoms with van der Waals surface area (Å²) in [6, 6.07) is 24.8. The molecule has 2 amide bonds. The van der Waals surface area contributed by atoms with Gasteiger partial charge in [0.2, 0.25) is 11.8 Å². The number of benzene rings is 3. The number of hydrogen-bond donors (Lipinski definition) is 1. The minimum atomic E-state index is -0.638. The summed E-state index contributed by atoms with van der Waals surface area (Å²) < 4.78 is 0. The summed E-state index contributed by atoms with van der Waals surface area (Å²) in [5, 5.41) is 3.32. The van der Waals surface area contributed by atoms with Crippen LogP contribution in [0.15, 0.2) is 78.9 Å². The standard InChI is InChI=1S/C27H29ClN2O2S/c1-20-9-8-12-22(15-20)18-33-19-26(31)30(17-23-13-6-7-14-24(23)28)25(27(32)29-2)16-21-10-4-3-5-11-21/h3-15,25H,16-19H2,1-2H3,(H,29,32)/t25-/m1/s1. The average molecular weight is 481 g/mol. The van der Waals surface area contributed by atoms with E-state index in [2.05, 4.69) is 30.4 Å². The molecule has 33 heavy (non-hydrogen) atoms. The molecule has 0 saturated carbocycles. The Kier molecular flexibility index (Phi) is 9.40. The minimum Gasteiger partial charge on any atom is -0.357 e. The van der Waals surface area contributed by atoms with Gasteiger partial charge in [0, 0.05) is 30.8 Å². The van der Waals surface area contributed by atoms with Crippen molar-refractivity contribution < 1.29 is 9.59 Å². The number of carbonyl (C=O) groups is 2. The van der Waals surface area contributed by atoms with Crippen molar-refractivity contribution in [1.29, 1.82) is 0 Å². The van der Waals surface area contributed by atoms with E-state index < -0.39 is 6.04 Å². The number of nitrogens with one attached hydrogen (secondary N) is 1. The van der Waals surface area contributed by atoms with Gasteiger partial charge in [-0.1, -0.05) is 90.0 Å². The van der Waals surface area contributed by atoms with E-state index in [0.29, 0.717) is 11.4 Å². The van der Waals surface area contributed by atoms with Crippen LogP contribution in [0.25, 0.3) is 0 Å². The van der Waals surface area contributed by atoms with Gasteiger partial charge in [-0.15, -0.1) is 11.8 Å². The number of hydrogen-bond acceptors (Lipinski definition) is 3. The highest BCUT2D eigenvalue weighted by Crippen LogP contribution is 2.22. The monoisotopic (exact) mass is 480 g/mol. The van der Waals surface area contributed by atoms with Crippen molar-refractivity contribution in [2.75, 3.05) is 12.8 Å². The van der Waals surface area contributed by atoms with Gasteiger partial charge in [0.25, 0.3) is 0 Å². The molecule has 0 bridgehead atoms. The van der Waals surface area contributed by atoms with E-state index in [1.54, 1.807) is 29.8 Å². The second-order valence-corrected chi connectivity index (χ2v) is 9.31. The Labute approximate surface area is 205 Å². The summed E-state index contributed by atoms with van der Waals surface area (Å²) in [4.78, 5) is 28.0. The fourth-order valence-electron chi connectivity index (χ4n) is 3.67. The molecule has 1 atom stereocenters. The normalized spacial score (nSPS) is 11.6. The number of amides is 2. The van der Waals surface area contributed by atoms with Crippen LogP contribution in [0.5, 0.6) is 0 Å².